The van der Waals surface area contributed by atoms with E-state index in [1.54, 1.807) is 6.92 Å². The minimum absolute atomic E-state index is 0.00601. The SMILES string of the molecule is CCc1c(F)ccc2cc(O)cc(-c3c(F)cc4c(N5CCC6C(=O)OC6C5)nc(OC[C@@]56CCCN5C[C@H](F)C6)nc4c3F)c12. The molecule has 1 N–H and O–H groups in total. The van der Waals surface area contributed by atoms with Gasteiger partial charge in [-0.15, -0.1) is 0 Å². The fourth-order valence-corrected chi connectivity index (χ4v) is 8.06. The lowest BCUT2D eigenvalue weighted by Crippen LogP contribution is -2.56. The summed E-state index contributed by atoms with van der Waals surface area (Å²) in [6.07, 6.45) is 1.38. The molecule has 0 saturated carbocycles. The van der Waals surface area contributed by atoms with Gasteiger partial charge < -0.3 is 19.5 Å². The molecule has 46 heavy (non-hydrogen) atoms. The van der Waals surface area contributed by atoms with E-state index in [4.69, 9.17) is 9.47 Å². The highest BCUT2D eigenvalue weighted by molar-refractivity contribution is 6.03. The van der Waals surface area contributed by atoms with Crippen molar-refractivity contribution in [1.82, 2.24) is 14.9 Å². The van der Waals surface area contributed by atoms with Gasteiger partial charge in [-0.2, -0.15) is 9.97 Å². The first-order chi connectivity index (χ1) is 22.2. The van der Waals surface area contributed by atoms with Crippen molar-refractivity contribution in [3.05, 3.63) is 53.3 Å². The number of aromatic hydroxyl groups is 1. The molecular formula is C34H32F4N4O4. The van der Waals surface area contributed by atoms with Crippen molar-refractivity contribution in [3.63, 3.8) is 0 Å². The van der Waals surface area contributed by atoms with Crippen LogP contribution >= 0.6 is 0 Å². The number of rotatable bonds is 6. The second-order valence-corrected chi connectivity index (χ2v) is 12.9. The number of ether oxygens (including phenoxy) is 2. The summed E-state index contributed by atoms with van der Waals surface area (Å²) in [6.45, 7) is 3.62. The highest BCUT2D eigenvalue weighted by Crippen LogP contribution is 2.44. The van der Waals surface area contributed by atoms with Crippen molar-refractivity contribution >= 4 is 33.5 Å². The summed E-state index contributed by atoms with van der Waals surface area (Å²) in [7, 11) is 0. The minimum Gasteiger partial charge on any atom is -0.508 e. The van der Waals surface area contributed by atoms with Gasteiger partial charge in [-0.25, -0.2) is 17.6 Å². The first-order valence-electron chi connectivity index (χ1n) is 15.8. The highest BCUT2D eigenvalue weighted by Gasteiger charge is 2.50. The van der Waals surface area contributed by atoms with Crippen LogP contribution in [0.15, 0.2) is 30.3 Å². The zero-order valence-corrected chi connectivity index (χ0v) is 25.2. The van der Waals surface area contributed by atoms with Crippen LogP contribution in [0, 0.1) is 23.4 Å². The molecule has 3 aromatic carbocycles. The van der Waals surface area contributed by atoms with Gasteiger partial charge in [-0.3, -0.25) is 9.69 Å². The summed E-state index contributed by atoms with van der Waals surface area (Å²) in [5.74, 6) is -2.97. The number of piperidine rings is 1. The third-order valence-electron chi connectivity index (χ3n) is 10.3. The van der Waals surface area contributed by atoms with Crippen molar-refractivity contribution in [1.29, 1.82) is 0 Å². The molecule has 4 saturated heterocycles. The maximum absolute atomic E-state index is 16.8. The predicted octanol–water partition coefficient (Wildman–Crippen LogP) is 5.84. The second-order valence-electron chi connectivity index (χ2n) is 12.9. The van der Waals surface area contributed by atoms with E-state index in [1.165, 1.54) is 24.3 Å². The Bertz CT molecular complexity index is 1920. The van der Waals surface area contributed by atoms with Gasteiger partial charge in [0, 0.05) is 24.9 Å². The van der Waals surface area contributed by atoms with Gasteiger partial charge in [-0.05, 0) is 78.4 Å². The first kappa shape index (κ1) is 29.2. The van der Waals surface area contributed by atoms with Gasteiger partial charge in [-0.1, -0.05) is 13.0 Å². The molecule has 240 valence electrons. The lowest BCUT2D eigenvalue weighted by molar-refractivity contribution is -0.185. The number of benzene rings is 3. The Morgan fingerprint density at radius 2 is 1.96 bits per heavy atom. The van der Waals surface area contributed by atoms with Gasteiger partial charge in [0.2, 0.25) is 0 Å². The van der Waals surface area contributed by atoms with Crippen LogP contribution in [0.2, 0.25) is 0 Å². The number of carbonyl (C=O) groups excluding carboxylic acids is 1. The Balaban J connectivity index is 1.29. The lowest BCUT2D eigenvalue weighted by Gasteiger charge is -2.44. The molecule has 5 heterocycles. The highest BCUT2D eigenvalue weighted by atomic mass is 19.1. The topological polar surface area (TPSA) is 88.0 Å². The monoisotopic (exact) mass is 636 g/mol. The molecule has 2 unspecified atom stereocenters. The Morgan fingerprint density at radius 1 is 1.11 bits per heavy atom. The van der Waals surface area contributed by atoms with Crippen molar-refractivity contribution in [2.24, 2.45) is 5.92 Å². The van der Waals surface area contributed by atoms with Crippen LogP contribution < -0.4 is 9.64 Å². The molecule has 1 aromatic heterocycles. The van der Waals surface area contributed by atoms with Gasteiger partial charge in [0.15, 0.2) is 5.82 Å². The Kier molecular flexibility index (Phi) is 6.79. The summed E-state index contributed by atoms with van der Waals surface area (Å²) in [4.78, 5) is 24.8. The Morgan fingerprint density at radius 3 is 2.74 bits per heavy atom. The predicted molar refractivity (Wildman–Crippen MR) is 162 cm³/mol. The quantitative estimate of drug-likeness (QED) is 0.209. The Labute approximate surface area is 261 Å². The normalized spacial score (nSPS) is 25.9. The minimum atomic E-state index is -1.02. The molecule has 8 rings (SSSR count). The first-order valence-corrected chi connectivity index (χ1v) is 15.8. The van der Waals surface area contributed by atoms with E-state index in [9.17, 15) is 18.7 Å². The summed E-state index contributed by atoms with van der Waals surface area (Å²) in [5.41, 5.74) is -0.934. The van der Waals surface area contributed by atoms with Gasteiger partial charge in [0.1, 0.15) is 47.6 Å². The third-order valence-corrected chi connectivity index (χ3v) is 10.3. The van der Waals surface area contributed by atoms with Crippen LogP contribution in [0.3, 0.4) is 0 Å². The number of alkyl halides is 1. The summed E-state index contributed by atoms with van der Waals surface area (Å²) >= 11 is 0. The van der Waals surface area contributed by atoms with Crippen LogP contribution in [0.5, 0.6) is 11.8 Å². The fourth-order valence-electron chi connectivity index (χ4n) is 8.06. The molecule has 4 aliphatic heterocycles. The number of phenols is 1. The van der Waals surface area contributed by atoms with Crippen molar-refractivity contribution in [3.8, 4) is 22.9 Å². The molecule has 8 nitrogen and oxygen atoms in total. The number of aryl methyl sites for hydroxylation is 1. The standard InChI is InChI=1S/C34H32F4N4O4/c1-2-20-24(36)5-4-17-10-19(43)11-22(27(17)20)28-25(37)12-23-30(29(28)38)39-33(45-16-34-7-3-8-42(34)14-18(35)13-34)40-31(23)41-9-6-21-26(15-41)46-32(21)44/h4-5,10-12,18,21,26,43H,2-3,6-9,13-16H2,1H3/t18-,21?,26?,34+/m1/s1. The fraction of sp³-hybridized carbons (Fsp3) is 0.441. The summed E-state index contributed by atoms with van der Waals surface area (Å²) in [6, 6.07) is 6.39. The maximum Gasteiger partial charge on any atom is 0.319 e. The molecule has 4 fully saturated rings. The largest absolute Gasteiger partial charge is 0.508 e. The molecule has 0 aliphatic carbocycles. The van der Waals surface area contributed by atoms with E-state index in [0.29, 0.717) is 36.7 Å². The van der Waals surface area contributed by atoms with Crippen LogP contribution in [-0.2, 0) is 16.0 Å². The number of phenolic OH excluding ortho intramolecular Hbond substituents is 1. The summed E-state index contributed by atoms with van der Waals surface area (Å²) < 4.78 is 73.9. The van der Waals surface area contributed by atoms with E-state index < -0.39 is 34.7 Å². The van der Waals surface area contributed by atoms with E-state index >= 15 is 8.78 Å². The number of nitrogens with zero attached hydrogens (tertiary/aromatic N) is 4. The molecule has 0 spiro atoms. The maximum atomic E-state index is 16.8. The number of aromatic nitrogens is 2. The van der Waals surface area contributed by atoms with Crippen molar-refractivity contribution in [2.75, 3.05) is 37.7 Å². The second kappa shape index (κ2) is 10.7. The van der Waals surface area contributed by atoms with Gasteiger partial charge >= 0.3 is 12.0 Å². The average Bonchev–Trinajstić information content (AvgIpc) is 3.55. The van der Waals surface area contributed by atoms with E-state index in [1.807, 2.05) is 4.90 Å². The molecule has 0 radical (unpaired) electrons. The van der Waals surface area contributed by atoms with Crippen molar-refractivity contribution in [2.45, 2.75) is 56.8 Å². The number of esters is 1. The van der Waals surface area contributed by atoms with E-state index in [2.05, 4.69) is 14.9 Å². The molecule has 4 aliphatic rings. The van der Waals surface area contributed by atoms with Gasteiger partial charge in [0.25, 0.3) is 0 Å². The molecular weight excluding hydrogens is 604 g/mol. The number of carbonyl (C=O) groups is 1. The number of halogens is 4. The zero-order chi connectivity index (χ0) is 31.9. The van der Waals surface area contributed by atoms with Crippen molar-refractivity contribution < 1.29 is 36.9 Å². The molecule has 0 bridgehead atoms. The number of hydrogen-bond acceptors (Lipinski definition) is 8. The number of hydrogen-bond donors (Lipinski definition) is 1. The zero-order valence-electron chi connectivity index (χ0n) is 25.2. The third kappa shape index (κ3) is 4.47. The molecule has 12 heteroatoms. The average molecular weight is 637 g/mol. The Hall–Kier alpha value is -4.19. The summed E-state index contributed by atoms with van der Waals surface area (Å²) in [5, 5.41) is 11.4. The molecule has 4 aromatic rings. The van der Waals surface area contributed by atoms with Crippen LogP contribution in [0.4, 0.5) is 23.4 Å². The molecule has 4 atom stereocenters. The lowest BCUT2D eigenvalue weighted by atomic mass is 9.89. The number of fused-ring (bicyclic) bond motifs is 4. The smallest absolute Gasteiger partial charge is 0.319 e. The van der Waals surface area contributed by atoms with Crippen LogP contribution in [0.25, 0.3) is 32.8 Å². The van der Waals surface area contributed by atoms with E-state index in [-0.39, 0.29) is 77.2 Å². The number of anilines is 1. The van der Waals surface area contributed by atoms with Gasteiger partial charge in [0.05, 0.1) is 23.6 Å². The van der Waals surface area contributed by atoms with E-state index in [0.717, 1.165) is 25.5 Å². The van der Waals surface area contributed by atoms with Crippen LogP contribution in [0.1, 0.15) is 38.2 Å². The molecule has 0 amide bonds. The van der Waals surface area contributed by atoms with Crippen LogP contribution in [-0.4, -0.2) is 76.5 Å².